The number of carbonyl (C=O) groups excluding carboxylic acids is 1. The van der Waals surface area contributed by atoms with E-state index in [2.05, 4.69) is 0 Å². The quantitative estimate of drug-likeness (QED) is 0.886. The van der Waals surface area contributed by atoms with Gasteiger partial charge < -0.3 is 9.84 Å². The molecule has 4 heteroatoms. The minimum atomic E-state index is -0.957. The van der Waals surface area contributed by atoms with Crippen molar-refractivity contribution in [2.45, 2.75) is 45.1 Å². The minimum absolute atomic E-state index is 0.120. The van der Waals surface area contributed by atoms with Crippen molar-refractivity contribution >= 4 is 11.8 Å². The number of benzene rings is 1. The molecular weight excluding hydrogens is 244 g/mol. The average molecular weight is 262 g/mol. The lowest BCUT2D eigenvalue weighted by Gasteiger charge is -2.21. The summed E-state index contributed by atoms with van der Waals surface area (Å²) in [5.74, 6) is -0.290. The van der Waals surface area contributed by atoms with Crippen LogP contribution in [0.25, 0.3) is 0 Å². The molecule has 1 aromatic carbocycles. The first-order chi connectivity index (χ1) is 9.13. The van der Waals surface area contributed by atoms with Gasteiger partial charge in [-0.2, -0.15) is 0 Å². The summed E-state index contributed by atoms with van der Waals surface area (Å²) in [5.41, 5.74) is 1.55. The molecule has 1 aliphatic rings. The maximum Gasteiger partial charge on any atom is 0.344 e. The van der Waals surface area contributed by atoms with E-state index in [9.17, 15) is 9.59 Å². The van der Waals surface area contributed by atoms with Crippen molar-refractivity contribution < 1.29 is 19.4 Å². The molecule has 0 bridgehead atoms. The van der Waals surface area contributed by atoms with Crippen molar-refractivity contribution in [3.8, 4) is 5.75 Å². The number of carbonyl (C=O) groups is 2. The third-order valence-electron chi connectivity index (χ3n) is 3.36. The second-order valence-corrected chi connectivity index (χ2v) is 4.79. The third-order valence-corrected chi connectivity index (χ3v) is 3.36. The van der Waals surface area contributed by atoms with Crippen LogP contribution in [0.5, 0.6) is 5.75 Å². The molecule has 2 rings (SSSR count). The zero-order valence-electron chi connectivity index (χ0n) is 11.0. The highest BCUT2D eigenvalue weighted by atomic mass is 16.5. The number of rotatable bonds is 5. The fraction of sp³-hybridized carbons (Fsp3) is 0.467. The lowest BCUT2D eigenvalue weighted by Crippen LogP contribution is -2.27. The van der Waals surface area contributed by atoms with E-state index in [0.29, 0.717) is 24.2 Å². The summed E-state index contributed by atoms with van der Waals surface area (Å²) in [6.07, 6.45) is 2.51. The molecule has 1 aromatic rings. The molecule has 0 aliphatic heterocycles. The van der Waals surface area contributed by atoms with Gasteiger partial charge in [0.05, 0.1) is 0 Å². The normalized spacial score (nSPS) is 15.7. The third kappa shape index (κ3) is 2.95. The number of hydrogen-bond acceptors (Lipinski definition) is 3. The molecule has 0 radical (unpaired) electrons. The largest absolute Gasteiger partial charge is 0.479 e. The number of hydrogen-bond donors (Lipinski definition) is 1. The first-order valence-electron chi connectivity index (χ1n) is 6.68. The number of ether oxygens (including phenoxy) is 1. The van der Waals surface area contributed by atoms with Gasteiger partial charge in [0.15, 0.2) is 11.9 Å². The minimum Gasteiger partial charge on any atom is -0.479 e. The van der Waals surface area contributed by atoms with Gasteiger partial charge >= 0.3 is 5.97 Å². The summed E-state index contributed by atoms with van der Waals surface area (Å²) in [5, 5.41) is 9.13. The van der Waals surface area contributed by atoms with Crippen molar-refractivity contribution in [3.63, 3.8) is 0 Å². The average Bonchev–Trinajstić information content (AvgIpc) is 2.39. The van der Waals surface area contributed by atoms with Crippen LogP contribution >= 0.6 is 0 Å². The van der Waals surface area contributed by atoms with Gasteiger partial charge in [-0.25, -0.2) is 4.79 Å². The molecule has 4 nitrogen and oxygen atoms in total. The number of carboxylic acid groups (broad SMARTS) is 1. The standard InChI is InChI=1S/C15H18O4/c1-2-5-14(15(17)18)19-13-9-4-6-10-11(13)7-3-8-12(10)16/h4,6,9,14H,2-3,5,7-8H2,1H3,(H,17,18). The SMILES string of the molecule is CCCC(Oc1cccc2c1CCCC2=O)C(=O)O. The molecule has 102 valence electrons. The van der Waals surface area contributed by atoms with Crippen LogP contribution in [0, 0.1) is 0 Å². The van der Waals surface area contributed by atoms with Crippen LogP contribution in [0.15, 0.2) is 18.2 Å². The molecule has 0 spiro atoms. The van der Waals surface area contributed by atoms with Gasteiger partial charge in [-0.15, -0.1) is 0 Å². The Bertz CT molecular complexity index is 493. The molecule has 0 heterocycles. The second-order valence-electron chi connectivity index (χ2n) is 4.79. The molecule has 1 unspecified atom stereocenters. The van der Waals surface area contributed by atoms with Gasteiger partial charge in [-0.05, 0) is 25.3 Å². The molecule has 1 aliphatic carbocycles. The molecule has 1 N–H and O–H groups in total. The smallest absolute Gasteiger partial charge is 0.344 e. The van der Waals surface area contributed by atoms with E-state index in [-0.39, 0.29) is 5.78 Å². The predicted octanol–water partition coefficient (Wildman–Crippen LogP) is 2.84. The van der Waals surface area contributed by atoms with Crippen LogP contribution in [0.1, 0.15) is 48.5 Å². The molecular formula is C15H18O4. The summed E-state index contributed by atoms with van der Waals surface area (Å²) < 4.78 is 5.61. The van der Waals surface area contributed by atoms with Crippen LogP contribution in [0.2, 0.25) is 0 Å². The Morgan fingerprint density at radius 1 is 1.42 bits per heavy atom. The molecule has 0 amide bonds. The number of fused-ring (bicyclic) bond motifs is 1. The Balaban J connectivity index is 2.27. The van der Waals surface area contributed by atoms with Crippen LogP contribution < -0.4 is 4.74 Å². The van der Waals surface area contributed by atoms with E-state index < -0.39 is 12.1 Å². The van der Waals surface area contributed by atoms with Crippen LogP contribution in [-0.2, 0) is 11.2 Å². The summed E-state index contributed by atoms with van der Waals surface area (Å²) in [4.78, 5) is 22.9. The van der Waals surface area contributed by atoms with Crippen molar-refractivity contribution in [2.75, 3.05) is 0 Å². The monoisotopic (exact) mass is 262 g/mol. The van der Waals surface area contributed by atoms with Gasteiger partial charge in [-0.3, -0.25) is 4.79 Å². The summed E-state index contributed by atoms with van der Waals surface area (Å²) in [6.45, 7) is 1.92. The van der Waals surface area contributed by atoms with Crippen molar-refractivity contribution in [1.82, 2.24) is 0 Å². The topological polar surface area (TPSA) is 63.6 Å². The highest BCUT2D eigenvalue weighted by molar-refractivity contribution is 5.99. The van der Waals surface area contributed by atoms with Gasteiger partial charge in [0.25, 0.3) is 0 Å². The summed E-state index contributed by atoms with van der Waals surface area (Å²) >= 11 is 0. The van der Waals surface area contributed by atoms with Gasteiger partial charge in [0.2, 0.25) is 0 Å². The first kappa shape index (κ1) is 13.6. The van der Waals surface area contributed by atoms with E-state index >= 15 is 0 Å². The molecule has 0 saturated heterocycles. The van der Waals surface area contributed by atoms with Crippen LogP contribution in [0.4, 0.5) is 0 Å². The Morgan fingerprint density at radius 2 is 2.21 bits per heavy atom. The van der Waals surface area contributed by atoms with Crippen molar-refractivity contribution in [2.24, 2.45) is 0 Å². The molecule has 1 atom stereocenters. The van der Waals surface area contributed by atoms with E-state index in [0.717, 1.165) is 24.8 Å². The van der Waals surface area contributed by atoms with Crippen molar-refractivity contribution in [1.29, 1.82) is 0 Å². The zero-order valence-corrected chi connectivity index (χ0v) is 11.0. The van der Waals surface area contributed by atoms with E-state index in [1.165, 1.54) is 0 Å². The van der Waals surface area contributed by atoms with Gasteiger partial charge in [0, 0.05) is 17.5 Å². The maximum atomic E-state index is 11.8. The highest BCUT2D eigenvalue weighted by Gasteiger charge is 2.24. The predicted molar refractivity (Wildman–Crippen MR) is 70.7 cm³/mol. The molecule has 19 heavy (non-hydrogen) atoms. The lowest BCUT2D eigenvalue weighted by atomic mass is 9.90. The number of carboxylic acids is 1. The Hall–Kier alpha value is -1.84. The lowest BCUT2D eigenvalue weighted by molar-refractivity contribution is -0.145. The first-order valence-corrected chi connectivity index (χ1v) is 6.68. The van der Waals surface area contributed by atoms with Crippen LogP contribution in [-0.4, -0.2) is 23.0 Å². The van der Waals surface area contributed by atoms with E-state index in [1.54, 1.807) is 18.2 Å². The zero-order chi connectivity index (χ0) is 13.8. The fourth-order valence-corrected chi connectivity index (χ4v) is 2.40. The van der Waals surface area contributed by atoms with Gasteiger partial charge in [0.1, 0.15) is 5.75 Å². The van der Waals surface area contributed by atoms with Crippen LogP contribution in [0.3, 0.4) is 0 Å². The summed E-state index contributed by atoms with van der Waals surface area (Å²) in [7, 11) is 0. The Kier molecular flexibility index (Phi) is 4.20. The van der Waals surface area contributed by atoms with Crippen molar-refractivity contribution in [3.05, 3.63) is 29.3 Å². The highest BCUT2D eigenvalue weighted by Crippen LogP contribution is 2.30. The Labute approximate surface area is 112 Å². The molecule has 0 fully saturated rings. The molecule has 0 aromatic heterocycles. The fourth-order valence-electron chi connectivity index (χ4n) is 2.40. The number of ketones is 1. The van der Waals surface area contributed by atoms with E-state index in [4.69, 9.17) is 9.84 Å². The van der Waals surface area contributed by atoms with E-state index in [1.807, 2.05) is 6.92 Å². The number of aliphatic carboxylic acids is 1. The maximum absolute atomic E-state index is 11.8. The molecule has 0 saturated carbocycles. The Morgan fingerprint density at radius 3 is 2.89 bits per heavy atom. The summed E-state index contributed by atoms with van der Waals surface area (Å²) in [6, 6.07) is 5.30. The number of Topliss-reactive ketones (excluding diaryl/α,β-unsaturated/α-hetero) is 1. The van der Waals surface area contributed by atoms with Gasteiger partial charge in [-0.1, -0.05) is 25.5 Å². The second kappa shape index (κ2) is 5.87.